The van der Waals surface area contributed by atoms with E-state index in [0.29, 0.717) is 67.1 Å². The molecule has 0 radical (unpaired) electrons. The van der Waals surface area contributed by atoms with Gasteiger partial charge in [0.25, 0.3) is 0 Å². The standard InChI is InChI=1S/C55H49N4O5S.C3H3O.C3H6.2U/c56-54(45-22-21-44-32-47(24-23-43(44)31-45)61-29-9-28-60-36-40-18-26-51-52(30-40)63-51)64-50-27-25-48(62-37-39-16-19-42(20-17-39)41-12-5-2-6-13-41)33-46(50)34-57-59(35-38-10-3-1-4-11-38)55-58-49-14-7-8-15-53(49)65-55;1-2-3-4;1-3-2;;/h1,3-8,10-17,19-25,27,31-34,40,51-52,56H,9,18,26,28-30,35-37H2;2H,1H2;1-3H2;;/q2*-1;-2;2*+2/b56-54?,57-34+;;;;. The zero-order chi connectivity index (χ0) is 49.9. The van der Waals surface area contributed by atoms with Gasteiger partial charge in [0.2, 0.25) is 11.0 Å². The fraction of sp³-hybridized carbons (Fsp3) is 0.213. The van der Waals surface area contributed by atoms with Crippen molar-refractivity contribution in [3.05, 3.63) is 213 Å². The molecule has 0 spiro atoms. The average molecular weight is 1450 g/mol. The maximum atomic E-state index is 9.13. The number of rotatable bonds is 19. The summed E-state index contributed by atoms with van der Waals surface area (Å²) >= 11 is 1.59. The summed E-state index contributed by atoms with van der Waals surface area (Å²) in [5, 5.41) is 18.8. The summed E-state index contributed by atoms with van der Waals surface area (Å²) in [5.41, 5.74) is 6.61. The topological polar surface area (TPSA) is 119 Å². The molecule has 1 saturated carbocycles. The quantitative estimate of drug-likeness (QED) is 0.0162. The van der Waals surface area contributed by atoms with Crippen molar-refractivity contribution >= 4 is 55.9 Å². The molecule has 3 atom stereocenters. The first-order chi connectivity index (χ1) is 35.4. The van der Waals surface area contributed by atoms with Crippen molar-refractivity contribution in [1.29, 1.82) is 5.41 Å². The molecule has 10 rings (SSSR count). The molecule has 1 aromatic heterocycles. The van der Waals surface area contributed by atoms with Crippen LogP contribution in [0.4, 0.5) is 5.13 Å². The number of benzene rings is 7. The number of epoxide rings is 1. The molecule has 1 N–H and O–H groups in total. The summed E-state index contributed by atoms with van der Waals surface area (Å²) in [4.78, 5) is 13.9. The van der Waals surface area contributed by atoms with Crippen LogP contribution < -0.4 is 19.2 Å². The van der Waals surface area contributed by atoms with Crippen LogP contribution in [0.5, 0.6) is 17.2 Å². The first kappa shape index (κ1) is 57.9. The maximum absolute atomic E-state index is 9.13. The molecule has 1 aliphatic carbocycles. The van der Waals surface area contributed by atoms with Crippen LogP contribution in [0.3, 0.4) is 0 Å². The molecule has 13 heteroatoms. The first-order valence-electron chi connectivity index (χ1n) is 24.2. The molecule has 372 valence electrons. The normalized spacial score (nSPS) is 15.1. The minimum Gasteiger partial charge on any atom is -0.493 e. The van der Waals surface area contributed by atoms with Gasteiger partial charge in [-0.25, -0.2) is 22.6 Å². The molecule has 2 heterocycles. The van der Waals surface area contributed by atoms with E-state index in [1.54, 1.807) is 17.6 Å². The van der Waals surface area contributed by atoms with Crippen LogP contribution in [-0.2, 0) is 27.4 Å². The predicted octanol–water partition coefficient (Wildman–Crippen LogP) is 13.6. The number of hydrogen-bond acceptors (Lipinski definition) is 11. The Bertz CT molecular complexity index is 3010. The van der Waals surface area contributed by atoms with Crippen molar-refractivity contribution in [2.45, 2.75) is 57.5 Å². The number of nitrogens with zero attached hydrogens (tertiary/aromatic N) is 3. The van der Waals surface area contributed by atoms with Gasteiger partial charge in [0, 0.05) is 30.8 Å². The van der Waals surface area contributed by atoms with E-state index < -0.39 is 0 Å². The van der Waals surface area contributed by atoms with Crippen LogP contribution in [0.25, 0.3) is 32.1 Å². The van der Waals surface area contributed by atoms with Crippen LogP contribution >= 0.6 is 11.3 Å². The Balaban J connectivity index is 0.000000936. The molecule has 1 aliphatic heterocycles. The van der Waals surface area contributed by atoms with Crippen LogP contribution in [0.1, 0.15) is 54.4 Å². The van der Waals surface area contributed by atoms with E-state index in [2.05, 4.69) is 81.1 Å². The Labute approximate surface area is 486 Å². The van der Waals surface area contributed by atoms with Gasteiger partial charge in [-0.1, -0.05) is 90.2 Å². The van der Waals surface area contributed by atoms with Gasteiger partial charge in [0.15, 0.2) is 0 Å². The molecule has 0 bridgehead atoms. The Morgan fingerprint density at radius 2 is 1.53 bits per heavy atom. The number of hydrogen-bond donors (Lipinski definition) is 1. The second-order valence-electron chi connectivity index (χ2n) is 17.2. The van der Waals surface area contributed by atoms with Crippen LogP contribution in [0.15, 0.2) is 175 Å². The van der Waals surface area contributed by atoms with Gasteiger partial charge in [-0.05, 0) is 114 Å². The van der Waals surface area contributed by atoms with Crippen molar-refractivity contribution < 1.29 is 90.7 Å². The Kier molecular flexibility index (Phi) is 23.7. The second-order valence-corrected chi connectivity index (χ2v) is 18.2. The monoisotopic (exact) mass is 1450 g/mol. The van der Waals surface area contributed by atoms with E-state index in [1.165, 1.54) is 19.1 Å². The molecule has 2 aliphatic rings. The molecule has 10 nitrogen and oxygen atoms in total. The SMILES string of the molecule is C=C[C-]=O.N=C(Oc1ccc(OCc2ccc(-c3cc[c-]cc3)cc2)cc1/C=N/N(Cc1ccccc1)c1nc2ccccc2s1)c1ccc2cc(OCCCOCC3CCC4OC4C3)ccc2c1.[CH2-]C[CH2-].[U+2].[U+2]. The molecule has 0 amide bonds. The zero-order valence-corrected chi connectivity index (χ0v) is 50.4. The van der Waals surface area contributed by atoms with Gasteiger partial charge >= 0.3 is 62.2 Å². The van der Waals surface area contributed by atoms with Crippen LogP contribution in [0.2, 0.25) is 0 Å². The minimum absolute atomic E-state index is 0. The molecular weight excluding hydrogens is 1390 g/mol. The third-order valence-electron chi connectivity index (χ3n) is 11.9. The summed E-state index contributed by atoms with van der Waals surface area (Å²) in [6.07, 6.45) is 10.4. The molecule has 7 aromatic carbocycles. The van der Waals surface area contributed by atoms with Crippen molar-refractivity contribution in [2.75, 3.05) is 24.8 Å². The van der Waals surface area contributed by atoms with Gasteiger partial charge < -0.3 is 48.7 Å². The largest absolute Gasteiger partial charge is 2.00 e. The van der Waals surface area contributed by atoms with E-state index in [-0.39, 0.29) is 68.1 Å². The summed E-state index contributed by atoms with van der Waals surface area (Å²) in [7, 11) is 0. The number of ether oxygens (including phenoxy) is 5. The van der Waals surface area contributed by atoms with Gasteiger partial charge in [0.1, 0.15) is 23.9 Å². The van der Waals surface area contributed by atoms with Gasteiger partial charge in [-0.15, -0.1) is 5.56 Å². The van der Waals surface area contributed by atoms with E-state index in [4.69, 9.17) is 44.0 Å². The smallest absolute Gasteiger partial charge is 0.493 e. The van der Waals surface area contributed by atoms with Gasteiger partial charge in [-0.2, -0.15) is 35.4 Å². The van der Waals surface area contributed by atoms with Gasteiger partial charge in [0.05, 0.1) is 41.8 Å². The number of para-hydroxylation sites is 1. The number of thiazole rings is 1. The Morgan fingerprint density at radius 3 is 2.28 bits per heavy atom. The number of hydrazone groups is 1. The number of fused-ring (bicyclic) bond motifs is 3. The molecule has 74 heavy (non-hydrogen) atoms. The van der Waals surface area contributed by atoms with Crippen LogP contribution in [0, 0.1) is 93.5 Å². The third-order valence-corrected chi connectivity index (χ3v) is 13.0. The third kappa shape index (κ3) is 17.1. The summed E-state index contributed by atoms with van der Waals surface area (Å²) in [6.45, 7) is 12.8. The minimum atomic E-state index is 0. The summed E-state index contributed by atoms with van der Waals surface area (Å²) in [5.74, 6) is 2.55. The number of nitrogens with one attached hydrogen (secondary N) is 1. The molecule has 2 fully saturated rings. The first-order valence-corrected chi connectivity index (χ1v) is 25.0. The van der Waals surface area contributed by atoms with E-state index >= 15 is 0 Å². The van der Waals surface area contributed by atoms with Gasteiger partial charge in [-0.3, -0.25) is 5.41 Å². The van der Waals surface area contributed by atoms with Crippen LogP contribution in [-0.4, -0.2) is 55.4 Å². The fourth-order valence-electron chi connectivity index (χ4n) is 8.23. The molecule has 3 unspecified atom stereocenters. The second kappa shape index (κ2) is 30.3. The predicted molar refractivity (Wildman–Crippen MR) is 291 cm³/mol. The Morgan fingerprint density at radius 1 is 0.824 bits per heavy atom. The zero-order valence-electron chi connectivity index (χ0n) is 41.3. The number of anilines is 1. The summed E-state index contributed by atoms with van der Waals surface area (Å²) < 4.78 is 31.5. The van der Waals surface area contributed by atoms with Crippen molar-refractivity contribution in [3.63, 3.8) is 0 Å². The van der Waals surface area contributed by atoms with Crippen molar-refractivity contribution in [2.24, 2.45) is 11.0 Å². The number of allylic oxidation sites excluding steroid dienone is 1. The Hall–Kier alpha value is -5.34. The van der Waals surface area contributed by atoms with Crippen molar-refractivity contribution in [3.8, 4) is 28.4 Å². The number of carbonyl (C=O) groups excluding carboxylic acids is 1. The molecule has 8 aromatic rings. The molecule has 1 saturated heterocycles. The average Bonchev–Trinajstić information content (AvgIpc) is 4.08. The van der Waals surface area contributed by atoms with Crippen molar-refractivity contribution in [1.82, 2.24) is 4.98 Å². The van der Waals surface area contributed by atoms with E-state index in [9.17, 15) is 0 Å². The number of aromatic nitrogens is 1. The summed E-state index contributed by atoms with van der Waals surface area (Å²) in [6, 6.07) is 55.2. The molecular formula is C61H58N4O6SU2. The maximum Gasteiger partial charge on any atom is 2.00 e. The van der Waals surface area contributed by atoms with E-state index in [0.717, 1.165) is 86.1 Å². The fourth-order valence-corrected chi connectivity index (χ4v) is 9.15. The van der Waals surface area contributed by atoms with E-state index in [1.807, 2.05) is 108 Å².